The summed E-state index contributed by atoms with van der Waals surface area (Å²) in [5.41, 5.74) is 1.63. The average molecular weight is 563 g/mol. The molecule has 3 aliphatic heterocycles. The predicted molar refractivity (Wildman–Crippen MR) is 150 cm³/mol. The first-order valence-corrected chi connectivity index (χ1v) is 14.1. The minimum atomic E-state index is -1.37. The van der Waals surface area contributed by atoms with Crippen LogP contribution < -0.4 is 0 Å². The van der Waals surface area contributed by atoms with Gasteiger partial charge in [0.1, 0.15) is 42.2 Å². The summed E-state index contributed by atoms with van der Waals surface area (Å²) in [5.74, 6) is -1.82. The van der Waals surface area contributed by atoms with Gasteiger partial charge in [-0.3, -0.25) is 0 Å². The van der Waals surface area contributed by atoms with Crippen LogP contribution in [0.2, 0.25) is 0 Å². The van der Waals surface area contributed by atoms with E-state index >= 15 is 0 Å². The van der Waals surface area contributed by atoms with Crippen LogP contribution in [0.3, 0.4) is 0 Å². The molecule has 8 nitrogen and oxygen atoms in total. The number of hydrogen-bond donors (Lipinski definition) is 2. The van der Waals surface area contributed by atoms with Gasteiger partial charge in [-0.15, -0.1) is 0 Å². The van der Waals surface area contributed by atoms with Gasteiger partial charge in [-0.05, 0) is 44.4 Å². The monoisotopic (exact) mass is 562 g/mol. The minimum absolute atomic E-state index is 0.196. The van der Waals surface area contributed by atoms with Crippen LogP contribution in [0, 0.1) is 0 Å². The van der Waals surface area contributed by atoms with E-state index in [9.17, 15) is 10.2 Å². The molecule has 218 valence electrons. The molecule has 41 heavy (non-hydrogen) atoms. The van der Waals surface area contributed by atoms with Gasteiger partial charge >= 0.3 is 0 Å². The summed E-state index contributed by atoms with van der Waals surface area (Å²) in [5, 5.41) is 23.0. The van der Waals surface area contributed by atoms with Crippen LogP contribution in [-0.4, -0.2) is 71.3 Å². The molecule has 2 N–H and O–H groups in total. The van der Waals surface area contributed by atoms with Crippen molar-refractivity contribution >= 4 is 0 Å². The minimum Gasteiger partial charge on any atom is -0.388 e. The third-order valence-electron chi connectivity index (χ3n) is 7.93. The van der Waals surface area contributed by atoms with Gasteiger partial charge in [0.25, 0.3) is 0 Å². The Balaban J connectivity index is 1.30. The molecule has 0 unspecified atom stereocenters. The third kappa shape index (κ3) is 5.35. The van der Waals surface area contributed by atoms with Gasteiger partial charge in [-0.1, -0.05) is 91.0 Å². The SMILES string of the molecule is CC1(C)O[C@@H]2[C@H](O1)[C@H]1OC(C)(C)O[C@H]1O[C@@H]2[C@H](O)[C@H](O)COC(c1ccccc1)(c1ccccc1)c1ccccc1. The van der Waals surface area contributed by atoms with E-state index in [1.165, 1.54) is 0 Å². The lowest BCUT2D eigenvalue weighted by Crippen LogP contribution is -2.60. The van der Waals surface area contributed by atoms with Crippen molar-refractivity contribution < 1.29 is 38.6 Å². The maximum atomic E-state index is 11.5. The molecule has 0 saturated carbocycles. The van der Waals surface area contributed by atoms with E-state index in [0.29, 0.717) is 0 Å². The zero-order valence-corrected chi connectivity index (χ0v) is 23.8. The molecule has 0 aliphatic carbocycles. The highest BCUT2D eigenvalue weighted by Gasteiger charge is 2.62. The lowest BCUT2D eigenvalue weighted by atomic mass is 9.80. The molecule has 3 saturated heterocycles. The summed E-state index contributed by atoms with van der Waals surface area (Å²) in [7, 11) is 0. The van der Waals surface area contributed by atoms with Gasteiger partial charge < -0.3 is 38.6 Å². The number of rotatable bonds is 8. The molecule has 8 heteroatoms. The summed E-state index contributed by atoms with van der Waals surface area (Å²) in [6.07, 6.45) is -6.18. The fraction of sp³-hybridized carbons (Fsp3) is 0.455. The van der Waals surface area contributed by atoms with E-state index < -0.39 is 60.1 Å². The predicted octanol–water partition coefficient (Wildman–Crippen LogP) is 4.11. The van der Waals surface area contributed by atoms with Crippen LogP contribution >= 0.6 is 0 Å². The maximum Gasteiger partial charge on any atom is 0.190 e. The number of aliphatic hydroxyl groups excluding tert-OH is 2. The van der Waals surface area contributed by atoms with Crippen molar-refractivity contribution in [1.29, 1.82) is 0 Å². The summed E-state index contributed by atoms with van der Waals surface area (Å²) in [4.78, 5) is 0. The number of ether oxygens (including phenoxy) is 6. The van der Waals surface area contributed by atoms with Gasteiger partial charge in [-0.25, -0.2) is 0 Å². The molecule has 0 amide bonds. The molecular formula is C33H38O8. The second-order valence-electron chi connectivity index (χ2n) is 11.8. The number of aliphatic hydroxyl groups is 2. The van der Waals surface area contributed by atoms with Crippen LogP contribution in [-0.2, 0) is 34.0 Å². The number of benzene rings is 3. The lowest BCUT2D eigenvalue weighted by Gasteiger charge is -2.41. The summed E-state index contributed by atoms with van der Waals surface area (Å²) in [6.45, 7) is 7.01. The Bertz CT molecular complexity index is 1200. The van der Waals surface area contributed by atoms with Crippen LogP contribution in [0.4, 0.5) is 0 Å². The van der Waals surface area contributed by atoms with Gasteiger partial charge in [0.05, 0.1) is 6.61 Å². The van der Waals surface area contributed by atoms with Gasteiger partial charge in [0, 0.05) is 0 Å². The van der Waals surface area contributed by atoms with Crippen molar-refractivity contribution in [3.05, 3.63) is 108 Å². The zero-order chi connectivity index (χ0) is 28.8. The van der Waals surface area contributed by atoms with E-state index in [1.807, 2.05) is 91.0 Å². The fourth-order valence-corrected chi connectivity index (χ4v) is 6.21. The molecule has 0 radical (unpaired) electrons. The van der Waals surface area contributed by atoms with E-state index in [-0.39, 0.29) is 6.61 Å². The zero-order valence-electron chi connectivity index (χ0n) is 23.8. The van der Waals surface area contributed by atoms with E-state index in [0.717, 1.165) is 16.7 Å². The van der Waals surface area contributed by atoms with Crippen LogP contribution in [0.15, 0.2) is 91.0 Å². The molecule has 3 fully saturated rings. The lowest BCUT2D eigenvalue weighted by molar-refractivity contribution is -0.263. The Morgan fingerprint density at radius 1 is 0.659 bits per heavy atom. The first-order chi connectivity index (χ1) is 19.6. The Morgan fingerprint density at radius 3 is 1.61 bits per heavy atom. The number of hydrogen-bond acceptors (Lipinski definition) is 8. The second-order valence-corrected chi connectivity index (χ2v) is 11.8. The van der Waals surface area contributed by atoms with Crippen LogP contribution in [0.25, 0.3) is 0 Å². The van der Waals surface area contributed by atoms with Crippen molar-refractivity contribution in [3.8, 4) is 0 Å². The average Bonchev–Trinajstić information content (AvgIpc) is 3.47. The first-order valence-electron chi connectivity index (χ1n) is 14.1. The Labute approximate surface area is 240 Å². The smallest absolute Gasteiger partial charge is 0.190 e. The van der Waals surface area contributed by atoms with Crippen LogP contribution in [0.1, 0.15) is 44.4 Å². The quantitative estimate of drug-likeness (QED) is 0.396. The van der Waals surface area contributed by atoms with E-state index in [2.05, 4.69) is 0 Å². The molecule has 0 bridgehead atoms. The summed E-state index contributed by atoms with van der Waals surface area (Å²) in [6, 6.07) is 29.6. The maximum absolute atomic E-state index is 11.5. The van der Waals surface area contributed by atoms with Gasteiger partial charge in [-0.2, -0.15) is 0 Å². The Hall–Kier alpha value is -2.66. The molecule has 3 aromatic carbocycles. The van der Waals surface area contributed by atoms with E-state index in [1.54, 1.807) is 27.7 Å². The molecule has 7 atom stereocenters. The highest BCUT2D eigenvalue weighted by molar-refractivity contribution is 5.47. The summed E-state index contributed by atoms with van der Waals surface area (Å²) < 4.78 is 37.3. The highest BCUT2D eigenvalue weighted by atomic mass is 16.9. The Kier molecular flexibility index (Phi) is 7.55. The van der Waals surface area contributed by atoms with Gasteiger partial charge in [0.15, 0.2) is 17.9 Å². The summed E-state index contributed by atoms with van der Waals surface area (Å²) >= 11 is 0. The normalized spacial score (nSPS) is 29.9. The first kappa shape index (κ1) is 28.5. The molecule has 6 rings (SSSR count). The van der Waals surface area contributed by atoms with Crippen molar-refractivity contribution in [2.45, 2.75) is 87.8 Å². The van der Waals surface area contributed by atoms with Crippen molar-refractivity contribution in [2.75, 3.05) is 6.61 Å². The standard InChI is InChI=1S/C33H38O8/c1-31(2)38-27-26(37-30-29(28(27)39-31)40-32(3,4)41-30)25(35)24(34)20-36-33(21-14-8-5-9-15-21,22-16-10-6-11-17-22)23-18-12-7-13-19-23/h5-19,24-30,34-35H,20H2,1-4H3/t24-,25-,26-,27+,28+,29-,30-/m1/s1. The highest BCUT2D eigenvalue weighted by Crippen LogP contribution is 2.45. The van der Waals surface area contributed by atoms with Crippen molar-refractivity contribution in [3.63, 3.8) is 0 Å². The molecule has 0 spiro atoms. The topological polar surface area (TPSA) is 95.8 Å². The molecule has 3 heterocycles. The number of fused-ring (bicyclic) bond motifs is 3. The van der Waals surface area contributed by atoms with E-state index in [4.69, 9.17) is 28.4 Å². The molecule has 3 aromatic rings. The molecule has 0 aromatic heterocycles. The molecular weight excluding hydrogens is 524 g/mol. The van der Waals surface area contributed by atoms with Crippen molar-refractivity contribution in [2.24, 2.45) is 0 Å². The molecule has 3 aliphatic rings. The Morgan fingerprint density at radius 2 is 1.10 bits per heavy atom. The van der Waals surface area contributed by atoms with Gasteiger partial charge in [0.2, 0.25) is 0 Å². The van der Waals surface area contributed by atoms with Crippen molar-refractivity contribution in [1.82, 2.24) is 0 Å². The fourth-order valence-electron chi connectivity index (χ4n) is 6.21. The third-order valence-corrected chi connectivity index (χ3v) is 7.93. The van der Waals surface area contributed by atoms with Crippen LogP contribution in [0.5, 0.6) is 0 Å². The largest absolute Gasteiger partial charge is 0.388 e. The second kappa shape index (κ2) is 10.9.